The highest BCUT2D eigenvalue weighted by atomic mass is 16.5. The monoisotopic (exact) mass is 758 g/mol. The van der Waals surface area contributed by atoms with Crippen LogP contribution in [0.15, 0.2) is 0 Å². The van der Waals surface area contributed by atoms with E-state index in [1.807, 2.05) is 13.8 Å². The van der Waals surface area contributed by atoms with Gasteiger partial charge in [-0.3, -0.25) is 24.0 Å². The zero-order chi connectivity index (χ0) is 40.3. The first kappa shape index (κ1) is 52.0. The maximum absolute atomic E-state index is 12.6. The van der Waals surface area contributed by atoms with E-state index in [4.69, 9.17) is 14.6 Å². The summed E-state index contributed by atoms with van der Waals surface area (Å²) < 4.78 is 10.6. The lowest BCUT2D eigenvalue weighted by molar-refractivity contribution is -0.142. The maximum Gasteiger partial charge on any atom is 0.326 e. The van der Waals surface area contributed by atoms with Crippen LogP contribution in [0.2, 0.25) is 0 Å². The Morgan fingerprint density at radius 3 is 1.51 bits per heavy atom. The van der Waals surface area contributed by atoms with Crippen molar-refractivity contribution in [2.75, 3.05) is 33.0 Å². The molecule has 0 aromatic carbocycles. The van der Waals surface area contributed by atoms with Crippen molar-refractivity contribution in [2.45, 2.75) is 182 Å². The predicted octanol–water partition coefficient (Wildman–Crippen LogP) is 6.74. The van der Waals surface area contributed by atoms with Crippen molar-refractivity contribution in [1.29, 1.82) is 0 Å². The quantitative estimate of drug-likeness (QED) is 0.0432. The zero-order valence-corrected chi connectivity index (χ0v) is 34.0. The van der Waals surface area contributed by atoms with Crippen LogP contribution in [0.4, 0.5) is 0 Å². The van der Waals surface area contributed by atoms with Gasteiger partial charge < -0.3 is 35.6 Å². The Kier molecular flexibility index (Phi) is 34.1. The molecular formula is C40H75N3O10. The molecule has 0 saturated carbocycles. The van der Waals surface area contributed by atoms with E-state index in [-0.39, 0.29) is 76.3 Å². The van der Waals surface area contributed by atoms with Crippen LogP contribution in [0.5, 0.6) is 0 Å². The lowest BCUT2D eigenvalue weighted by atomic mass is 10.0. The molecule has 0 unspecified atom stereocenters. The van der Waals surface area contributed by atoms with Crippen molar-refractivity contribution in [3.63, 3.8) is 0 Å². The molecule has 310 valence electrons. The molecule has 0 heterocycles. The fourth-order valence-electron chi connectivity index (χ4n) is 5.32. The van der Waals surface area contributed by atoms with E-state index in [9.17, 15) is 33.9 Å². The van der Waals surface area contributed by atoms with Gasteiger partial charge >= 0.3 is 11.9 Å². The van der Waals surface area contributed by atoms with E-state index in [0.717, 1.165) is 38.5 Å². The Balaban J connectivity index is 0. The van der Waals surface area contributed by atoms with Gasteiger partial charge in [0, 0.05) is 31.7 Å². The number of rotatable bonds is 35. The molecule has 0 aliphatic rings. The summed E-state index contributed by atoms with van der Waals surface area (Å²) >= 11 is 0. The second-order valence-electron chi connectivity index (χ2n) is 14.3. The molecule has 13 nitrogen and oxygen atoms in total. The summed E-state index contributed by atoms with van der Waals surface area (Å²) in [5.74, 6) is -3.26. The summed E-state index contributed by atoms with van der Waals surface area (Å²) in [5.41, 5.74) is -1.24. The van der Waals surface area contributed by atoms with Crippen LogP contribution >= 0.6 is 0 Å². The topological polar surface area (TPSA) is 197 Å². The Bertz CT molecular complexity index is 1000. The molecule has 0 aromatic rings. The highest BCUT2D eigenvalue weighted by Gasteiger charge is 2.30. The largest absolute Gasteiger partial charge is 0.481 e. The van der Waals surface area contributed by atoms with E-state index in [1.165, 1.54) is 57.8 Å². The fourth-order valence-corrected chi connectivity index (χ4v) is 5.32. The van der Waals surface area contributed by atoms with Crippen molar-refractivity contribution in [3.05, 3.63) is 0 Å². The van der Waals surface area contributed by atoms with Crippen LogP contribution < -0.4 is 16.0 Å². The van der Waals surface area contributed by atoms with Gasteiger partial charge in [0.2, 0.25) is 17.7 Å². The van der Waals surface area contributed by atoms with Crippen molar-refractivity contribution >= 4 is 35.4 Å². The van der Waals surface area contributed by atoms with E-state index in [0.29, 0.717) is 6.42 Å². The van der Waals surface area contributed by atoms with Crippen LogP contribution in [-0.4, -0.2) is 90.2 Å². The van der Waals surface area contributed by atoms with Crippen molar-refractivity contribution in [1.82, 2.24) is 16.0 Å². The molecule has 0 bridgehead atoms. The lowest BCUT2D eigenvalue weighted by Crippen LogP contribution is -2.55. The second-order valence-corrected chi connectivity index (χ2v) is 14.3. The number of amides is 3. The number of unbranched alkanes of at least 4 members (excludes halogenated alkanes) is 15. The number of aliphatic carboxylic acids is 2. The highest BCUT2D eigenvalue weighted by molar-refractivity contribution is 5.91. The molecule has 0 spiro atoms. The standard InChI is InChI=1S/C38H69N3O10.C2H6/c1-30(2)32(42)29-51-28-27-50-26-25-39-37(49)38(3,4)41-34(44)24-23-31(36(47)48)40-33(43)21-19-17-15-13-11-9-7-5-6-8-10-12-14-16-18-20-22-35(45)46;1-2/h30-31H,5-29H2,1-4H3,(H,39,49)(H,40,43)(H,41,44)(H,45,46)(H,47,48);1-2H3/t31-;/m0./s1. The summed E-state index contributed by atoms with van der Waals surface area (Å²) in [6, 6.07) is -1.19. The fraction of sp³-hybridized carbons (Fsp3) is 0.850. The number of carbonyl (C=O) groups excluding carboxylic acids is 4. The zero-order valence-electron chi connectivity index (χ0n) is 34.0. The number of carboxylic acid groups (broad SMARTS) is 2. The number of Topliss-reactive ketones (excluding diaryl/α,β-unsaturated/α-hetero) is 1. The third-order valence-corrected chi connectivity index (χ3v) is 8.65. The van der Waals surface area contributed by atoms with Gasteiger partial charge in [-0.2, -0.15) is 0 Å². The van der Waals surface area contributed by atoms with Crippen LogP contribution in [-0.2, 0) is 38.2 Å². The number of hydrogen-bond donors (Lipinski definition) is 5. The molecule has 0 aliphatic heterocycles. The SMILES string of the molecule is CC.CC(C)C(=O)COCCOCCNC(=O)C(C)(C)NC(=O)CC[C@H](NC(=O)CCCCCCCCCCCCCCCCCCC(=O)O)C(=O)O. The van der Waals surface area contributed by atoms with Gasteiger partial charge in [0.1, 0.15) is 18.2 Å². The molecule has 0 saturated heterocycles. The van der Waals surface area contributed by atoms with E-state index in [1.54, 1.807) is 27.7 Å². The molecule has 13 heteroatoms. The van der Waals surface area contributed by atoms with Gasteiger partial charge in [-0.25, -0.2) is 4.79 Å². The van der Waals surface area contributed by atoms with Crippen LogP contribution in [0, 0.1) is 5.92 Å². The molecule has 0 rings (SSSR count). The van der Waals surface area contributed by atoms with E-state index < -0.39 is 35.3 Å². The average Bonchev–Trinajstić information content (AvgIpc) is 3.10. The number of carboxylic acids is 2. The molecule has 0 aromatic heterocycles. The first-order chi connectivity index (χ1) is 25.3. The van der Waals surface area contributed by atoms with Gasteiger partial charge in [0.25, 0.3) is 0 Å². The Labute approximate surface area is 319 Å². The van der Waals surface area contributed by atoms with Crippen LogP contribution in [0.3, 0.4) is 0 Å². The van der Waals surface area contributed by atoms with Crippen LogP contribution in [0.1, 0.15) is 170 Å². The Morgan fingerprint density at radius 1 is 0.604 bits per heavy atom. The molecule has 0 fully saturated rings. The van der Waals surface area contributed by atoms with Gasteiger partial charge in [-0.1, -0.05) is 118 Å². The number of hydrogen-bond acceptors (Lipinski definition) is 8. The first-order valence-electron chi connectivity index (χ1n) is 20.3. The maximum atomic E-state index is 12.6. The van der Waals surface area contributed by atoms with E-state index >= 15 is 0 Å². The minimum Gasteiger partial charge on any atom is -0.481 e. The van der Waals surface area contributed by atoms with Gasteiger partial charge in [0.05, 0.1) is 19.8 Å². The highest BCUT2D eigenvalue weighted by Crippen LogP contribution is 2.15. The van der Waals surface area contributed by atoms with Crippen molar-refractivity contribution in [2.24, 2.45) is 5.92 Å². The third-order valence-electron chi connectivity index (χ3n) is 8.65. The smallest absolute Gasteiger partial charge is 0.326 e. The Hall–Kier alpha value is -3.06. The molecule has 0 radical (unpaired) electrons. The number of ketones is 1. The summed E-state index contributed by atoms with van der Waals surface area (Å²) in [6.07, 6.45) is 18.1. The summed E-state index contributed by atoms with van der Waals surface area (Å²) in [6.45, 7) is 11.7. The molecule has 53 heavy (non-hydrogen) atoms. The van der Waals surface area contributed by atoms with Gasteiger partial charge in [-0.15, -0.1) is 0 Å². The lowest BCUT2D eigenvalue weighted by Gasteiger charge is -2.25. The number of ether oxygens (including phenoxy) is 2. The predicted molar refractivity (Wildman–Crippen MR) is 208 cm³/mol. The summed E-state index contributed by atoms with van der Waals surface area (Å²) in [5, 5.41) is 26.0. The molecular weight excluding hydrogens is 682 g/mol. The summed E-state index contributed by atoms with van der Waals surface area (Å²) in [7, 11) is 0. The average molecular weight is 758 g/mol. The minimum atomic E-state index is -1.24. The first-order valence-corrected chi connectivity index (χ1v) is 20.3. The third kappa shape index (κ3) is 33.3. The second kappa shape index (κ2) is 34.7. The summed E-state index contributed by atoms with van der Waals surface area (Å²) in [4.78, 5) is 71.2. The normalized spacial score (nSPS) is 11.7. The van der Waals surface area contributed by atoms with E-state index in [2.05, 4.69) is 16.0 Å². The van der Waals surface area contributed by atoms with Crippen molar-refractivity contribution < 1.29 is 48.5 Å². The number of nitrogens with one attached hydrogen (secondary N) is 3. The van der Waals surface area contributed by atoms with Crippen molar-refractivity contribution in [3.8, 4) is 0 Å². The molecule has 0 aliphatic carbocycles. The molecule has 3 amide bonds. The number of carbonyl (C=O) groups is 6. The minimum absolute atomic E-state index is 0.0173. The van der Waals surface area contributed by atoms with Gasteiger partial charge in [0.15, 0.2) is 5.78 Å². The van der Waals surface area contributed by atoms with Crippen LogP contribution in [0.25, 0.3) is 0 Å². The molecule has 1 atom stereocenters. The molecule has 5 N–H and O–H groups in total. The Morgan fingerprint density at radius 2 is 1.06 bits per heavy atom. The van der Waals surface area contributed by atoms with Gasteiger partial charge in [-0.05, 0) is 33.1 Å².